The molecule has 20 heavy (non-hydrogen) atoms. The number of aryl methyl sites for hydroxylation is 1. The number of benzene rings is 2. The number of hydrogen-bond acceptors (Lipinski definition) is 2. The van der Waals surface area contributed by atoms with Gasteiger partial charge in [0.1, 0.15) is 0 Å². The Hall–Kier alpha value is -2.68. The van der Waals surface area contributed by atoms with Crippen molar-refractivity contribution < 1.29 is 4.79 Å². The minimum Gasteiger partial charge on any atom is -0.298 e. The summed E-state index contributed by atoms with van der Waals surface area (Å²) in [5.74, 6) is 0. The van der Waals surface area contributed by atoms with Gasteiger partial charge in [0.2, 0.25) is 0 Å². The van der Waals surface area contributed by atoms with Crippen molar-refractivity contribution in [2.45, 2.75) is 6.92 Å². The van der Waals surface area contributed by atoms with Gasteiger partial charge < -0.3 is 0 Å². The average Bonchev–Trinajstić information content (AvgIpc) is 2.93. The van der Waals surface area contributed by atoms with Crippen LogP contribution in [0.3, 0.4) is 0 Å². The molecular formula is C17H14N2O. The van der Waals surface area contributed by atoms with E-state index in [0.717, 1.165) is 23.2 Å². The van der Waals surface area contributed by atoms with Crippen molar-refractivity contribution in [3.05, 3.63) is 71.9 Å². The predicted octanol–water partition coefficient (Wildman–Crippen LogP) is 3.66. The first-order valence-electron chi connectivity index (χ1n) is 6.45. The van der Waals surface area contributed by atoms with E-state index < -0.39 is 0 Å². The van der Waals surface area contributed by atoms with Gasteiger partial charge in [-0.2, -0.15) is 5.10 Å². The summed E-state index contributed by atoms with van der Waals surface area (Å²) in [6.07, 6.45) is 2.45. The Morgan fingerprint density at radius 2 is 1.70 bits per heavy atom. The maximum absolute atomic E-state index is 11.2. The van der Waals surface area contributed by atoms with Crippen molar-refractivity contribution in [1.82, 2.24) is 9.78 Å². The van der Waals surface area contributed by atoms with Crippen LogP contribution in [0, 0.1) is 6.92 Å². The molecule has 0 radical (unpaired) electrons. The Bertz CT molecular complexity index is 727. The predicted molar refractivity (Wildman–Crippen MR) is 79.1 cm³/mol. The lowest BCUT2D eigenvalue weighted by Crippen LogP contribution is -1.99. The molecule has 0 fully saturated rings. The van der Waals surface area contributed by atoms with Crippen LogP contribution >= 0.6 is 0 Å². The molecule has 3 aromatic rings. The van der Waals surface area contributed by atoms with Crippen molar-refractivity contribution in [3.63, 3.8) is 0 Å². The zero-order valence-corrected chi connectivity index (χ0v) is 11.2. The maximum atomic E-state index is 11.2. The summed E-state index contributed by atoms with van der Waals surface area (Å²) >= 11 is 0. The molecular weight excluding hydrogens is 248 g/mol. The normalized spacial score (nSPS) is 10.4. The van der Waals surface area contributed by atoms with Gasteiger partial charge in [-0.1, -0.05) is 48.0 Å². The van der Waals surface area contributed by atoms with E-state index >= 15 is 0 Å². The monoisotopic (exact) mass is 262 g/mol. The highest BCUT2D eigenvalue weighted by atomic mass is 16.1. The van der Waals surface area contributed by atoms with Gasteiger partial charge in [0.15, 0.2) is 6.29 Å². The fraction of sp³-hybridized carbons (Fsp3) is 0.0588. The summed E-state index contributed by atoms with van der Waals surface area (Å²) in [5.41, 5.74) is 4.54. The van der Waals surface area contributed by atoms with Crippen LogP contribution in [0.1, 0.15) is 15.9 Å². The molecule has 1 heterocycles. The summed E-state index contributed by atoms with van der Waals surface area (Å²) in [6.45, 7) is 2.04. The van der Waals surface area contributed by atoms with E-state index in [2.05, 4.69) is 5.10 Å². The van der Waals surface area contributed by atoms with E-state index in [1.807, 2.05) is 61.5 Å². The highest BCUT2D eigenvalue weighted by Gasteiger charge is 2.13. The number of hydrogen-bond donors (Lipinski definition) is 0. The zero-order chi connectivity index (χ0) is 13.9. The lowest BCUT2D eigenvalue weighted by atomic mass is 10.1. The van der Waals surface area contributed by atoms with Gasteiger partial charge >= 0.3 is 0 Å². The number of aldehydes is 1. The van der Waals surface area contributed by atoms with Crippen molar-refractivity contribution in [2.24, 2.45) is 0 Å². The number of carbonyl (C=O) groups excluding carboxylic acids is 1. The lowest BCUT2D eigenvalue weighted by Gasteiger charge is -2.08. The summed E-state index contributed by atoms with van der Waals surface area (Å²) in [5, 5.41) is 4.35. The highest BCUT2D eigenvalue weighted by Crippen LogP contribution is 2.25. The molecule has 1 aromatic heterocycles. The fourth-order valence-corrected chi connectivity index (χ4v) is 2.21. The third-order valence-corrected chi connectivity index (χ3v) is 3.25. The SMILES string of the molecule is Cc1ccc(-n2ncc(C=O)c2-c2ccccc2)cc1. The van der Waals surface area contributed by atoms with Crippen LogP contribution < -0.4 is 0 Å². The number of rotatable bonds is 3. The molecule has 3 heteroatoms. The largest absolute Gasteiger partial charge is 0.298 e. The number of aromatic nitrogens is 2. The molecule has 3 rings (SSSR count). The van der Waals surface area contributed by atoms with Crippen molar-refractivity contribution >= 4 is 6.29 Å². The Kier molecular flexibility index (Phi) is 3.17. The Morgan fingerprint density at radius 1 is 1.00 bits per heavy atom. The van der Waals surface area contributed by atoms with E-state index in [0.29, 0.717) is 5.56 Å². The second kappa shape index (κ2) is 5.13. The molecule has 0 aliphatic carbocycles. The van der Waals surface area contributed by atoms with Gasteiger partial charge in [-0.25, -0.2) is 4.68 Å². The van der Waals surface area contributed by atoms with Gasteiger partial charge in [-0.3, -0.25) is 4.79 Å². The van der Waals surface area contributed by atoms with Gasteiger partial charge in [0.05, 0.1) is 23.1 Å². The molecule has 0 N–H and O–H groups in total. The molecule has 0 bridgehead atoms. The Balaban J connectivity index is 2.20. The van der Waals surface area contributed by atoms with Crippen LogP contribution in [-0.4, -0.2) is 16.1 Å². The minimum atomic E-state index is 0.594. The average molecular weight is 262 g/mol. The number of nitrogens with zero attached hydrogens (tertiary/aromatic N) is 2. The van der Waals surface area contributed by atoms with Crippen molar-refractivity contribution in [1.29, 1.82) is 0 Å². The molecule has 0 amide bonds. The van der Waals surface area contributed by atoms with Crippen LogP contribution in [0.5, 0.6) is 0 Å². The van der Waals surface area contributed by atoms with Crippen LogP contribution in [0.25, 0.3) is 16.9 Å². The summed E-state index contributed by atoms with van der Waals surface area (Å²) in [7, 11) is 0. The summed E-state index contributed by atoms with van der Waals surface area (Å²) in [4.78, 5) is 11.2. The van der Waals surface area contributed by atoms with Crippen LogP contribution in [0.15, 0.2) is 60.8 Å². The molecule has 0 saturated carbocycles. The second-order valence-electron chi connectivity index (χ2n) is 4.68. The van der Waals surface area contributed by atoms with Gasteiger partial charge in [0, 0.05) is 5.56 Å². The van der Waals surface area contributed by atoms with Gasteiger partial charge in [0.25, 0.3) is 0 Å². The van der Waals surface area contributed by atoms with Crippen LogP contribution in [0.4, 0.5) is 0 Å². The van der Waals surface area contributed by atoms with Gasteiger partial charge in [-0.05, 0) is 19.1 Å². The zero-order valence-electron chi connectivity index (χ0n) is 11.2. The first-order valence-corrected chi connectivity index (χ1v) is 6.45. The molecule has 0 aliphatic rings. The molecule has 98 valence electrons. The summed E-state index contributed by atoms with van der Waals surface area (Å²) in [6, 6.07) is 17.9. The quantitative estimate of drug-likeness (QED) is 0.675. The number of carbonyl (C=O) groups is 1. The third-order valence-electron chi connectivity index (χ3n) is 3.25. The fourth-order valence-electron chi connectivity index (χ4n) is 2.21. The highest BCUT2D eigenvalue weighted by molar-refractivity contribution is 5.86. The van der Waals surface area contributed by atoms with Gasteiger partial charge in [-0.15, -0.1) is 0 Å². The van der Waals surface area contributed by atoms with E-state index in [9.17, 15) is 4.79 Å². The van der Waals surface area contributed by atoms with E-state index in [1.54, 1.807) is 10.9 Å². The van der Waals surface area contributed by atoms with E-state index in [-0.39, 0.29) is 0 Å². The van der Waals surface area contributed by atoms with Crippen LogP contribution in [0.2, 0.25) is 0 Å². The van der Waals surface area contributed by atoms with Crippen LogP contribution in [-0.2, 0) is 0 Å². The van der Waals surface area contributed by atoms with Crippen molar-refractivity contribution in [3.8, 4) is 16.9 Å². The van der Waals surface area contributed by atoms with E-state index in [1.165, 1.54) is 5.56 Å². The minimum absolute atomic E-state index is 0.594. The van der Waals surface area contributed by atoms with Crippen molar-refractivity contribution in [2.75, 3.05) is 0 Å². The molecule has 2 aromatic carbocycles. The van der Waals surface area contributed by atoms with E-state index in [4.69, 9.17) is 0 Å². The smallest absolute Gasteiger partial charge is 0.153 e. The first-order chi connectivity index (χ1) is 9.79. The molecule has 3 nitrogen and oxygen atoms in total. The molecule has 0 saturated heterocycles. The third kappa shape index (κ3) is 2.14. The maximum Gasteiger partial charge on any atom is 0.153 e. The standard InChI is InChI=1S/C17H14N2O/c1-13-7-9-16(10-8-13)19-17(15(12-20)11-18-19)14-5-3-2-4-6-14/h2-12H,1H3. The molecule has 0 aliphatic heterocycles. The summed E-state index contributed by atoms with van der Waals surface area (Å²) < 4.78 is 1.80. The molecule has 0 atom stereocenters. The Labute approximate surface area is 117 Å². The second-order valence-corrected chi connectivity index (χ2v) is 4.68. The topological polar surface area (TPSA) is 34.9 Å². The Morgan fingerprint density at radius 3 is 2.35 bits per heavy atom. The first kappa shape index (κ1) is 12.4. The molecule has 0 spiro atoms. The lowest BCUT2D eigenvalue weighted by molar-refractivity contribution is 0.112. The molecule has 0 unspecified atom stereocenters.